The molecular formula is C21H17F2N3O2S. The van der Waals surface area contributed by atoms with E-state index in [1.165, 1.54) is 10.7 Å². The molecule has 1 amide bonds. The van der Waals surface area contributed by atoms with Crippen molar-refractivity contribution in [2.75, 3.05) is 5.32 Å². The lowest BCUT2D eigenvalue weighted by Crippen LogP contribution is -2.24. The van der Waals surface area contributed by atoms with E-state index in [1.54, 1.807) is 11.3 Å². The summed E-state index contributed by atoms with van der Waals surface area (Å²) in [4.78, 5) is 25.0. The molecule has 4 rings (SSSR count). The van der Waals surface area contributed by atoms with Crippen molar-refractivity contribution >= 4 is 43.1 Å². The van der Waals surface area contributed by atoms with Gasteiger partial charge in [-0.15, -0.1) is 11.3 Å². The standard InChI is InChI=1S/C21H17F2N3O2S/c1-12-20-19(14-5-2-3-6-17(14)29-20)21(28)26(25-12)10-4-7-18(27)24-16-9-8-13(22)11-15(16)23/h2-3,5-6,8-9,11H,4,7,10H2,1H3,(H,24,27). The van der Waals surface area contributed by atoms with Crippen LogP contribution < -0.4 is 10.9 Å². The predicted molar refractivity (Wildman–Crippen MR) is 110 cm³/mol. The highest BCUT2D eigenvalue weighted by molar-refractivity contribution is 7.26. The molecule has 0 radical (unpaired) electrons. The highest BCUT2D eigenvalue weighted by atomic mass is 32.1. The number of fused-ring (bicyclic) bond motifs is 3. The van der Waals surface area contributed by atoms with Crippen LogP contribution in [0.3, 0.4) is 0 Å². The van der Waals surface area contributed by atoms with Crippen molar-refractivity contribution in [3.05, 3.63) is 70.1 Å². The number of nitrogens with zero attached hydrogens (tertiary/aromatic N) is 2. The monoisotopic (exact) mass is 413 g/mol. The predicted octanol–water partition coefficient (Wildman–Crippen LogP) is 4.62. The van der Waals surface area contributed by atoms with Gasteiger partial charge in [-0.2, -0.15) is 5.10 Å². The zero-order valence-electron chi connectivity index (χ0n) is 15.5. The van der Waals surface area contributed by atoms with E-state index < -0.39 is 17.5 Å². The number of hydrogen-bond acceptors (Lipinski definition) is 4. The van der Waals surface area contributed by atoms with Crippen LogP contribution in [-0.4, -0.2) is 15.7 Å². The Hall–Kier alpha value is -3.13. The molecule has 0 fully saturated rings. The summed E-state index contributed by atoms with van der Waals surface area (Å²) in [6.45, 7) is 2.12. The molecule has 0 saturated heterocycles. The molecule has 0 bridgehead atoms. The third-order valence-corrected chi connectivity index (χ3v) is 5.90. The number of carbonyl (C=O) groups is 1. The minimum Gasteiger partial charge on any atom is -0.324 e. The van der Waals surface area contributed by atoms with Gasteiger partial charge in [-0.05, 0) is 31.5 Å². The Kier molecular flexibility index (Phi) is 5.10. The number of amides is 1. The quantitative estimate of drug-likeness (QED) is 0.519. The molecule has 0 unspecified atom stereocenters. The molecule has 0 aliphatic rings. The van der Waals surface area contributed by atoms with Gasteiger partial charge in [0.1, 0.15) is 11.6 Å². The minimum absolute atomic E-state index is 0.0753. The second-order valence-corrected chi connectivity index (χ2v) is 7.74. The molecule has 0 aliphatic carbocycles. The molecule has 2 aromatic carbocycles. The van der Waals surface area contributed by atoms with E-state index in [-0.39, 0.29) is 24.2 Å². The summed E-state index contributed by atoms with van der Waals surface area (Å²) < 4.78 is 29.9. The summed E-state index contributed by atoms with van der Waals surface area (Å²) in [5.41, 5.74) is 0.500. The van der Waals surface area contributed by atoms with E-state index in [0.717, 1.165) is 26.5 Å². The number of aromatic nitrogens is 2. The Morgan fingerprint density at radius 3 is 2.79 bits per heavy atom. The van der Waals surface area contributed by atoms with E-state index in [9.17, 15) is 18.4 Å². The van der Waals surface area contributed by atoms with E-state index in [4.69, 9.17) is 0 Å². The fourth-order valence-corrected chi connectivity index (χ4v) is 4.39. The second-order valence-electron chi connectivity index (χ2n) is 6.69. The van der Waals surface area contributed by atoms with Gasteiger partial charge >= 0.3 is 0 Å². The molecule has 1 N–H and O–H groups in total. The van der Waals surface area contributed by atoms with E-state index in [0.29, 0.717) is 17.9 Å². The minimum atomic E-state index is -0.832. The number of carbonyl (C=O) groups excluding carboxylic acids is 1. The smallest absolute Gasteiger partial charge is 0.276 e. The largest absolute Gasteiger partial charge is 0.324 e. The Bertz CT molecular complexity index is 1300. The Morgan fingerprint density at radius 1 is 1.21 bits per heavy atom. The topological polar surface area (TPSA) is 64.0 Å². The molecule has 0 spiro atoms. The average Bonchev–Trinajstić information content (AvgIpc) is 3.08. The van der Waals surface area contributed by atoms with Crippen LogP contribution in [0.5, 0.6) is 0 Å². The van der Waals surface area contributed by atoms with Crippen molar-refractivity contribution in [3.8, 4) is 0 Å². The fraction of sp³-hybridized carbons (Fsp3) is 0.190. The Labute approximate surface area is 168 Å². The number of anilines is 1. The number of aryl methyl sites for hydroxylation is 2. The first-order valence-electron chi connectivity index (χ1n) is 9.08. The highest BCUT2D eigenvalue weighted by Gasteiger charge is 2.15. The van der Waals surface area contributed by atoms with E-state index >= 15 is 0 Å². The van der Waals surface area contributed by atoms with Gasteiger partial charge in [0.15, 0.2) is 0 Å². The molecule has 5 nitrogen and oxygen atoms in total. The van der Waals surface area contributed by atoms with Gasteiger partial charge in [0, 0.05) is 29.1 Å². The third kappa shape index (κ3) is 3.75. The molecule has 0 saturated carbocycles. The zero-order valence-corrected chi connectivity index (χ0v) is 16.4. The normalized spacial score (nSPS) is 11.3. The summed E-state index contributed by atoms with van der Waals surface area (Å²) in [5, 5.41) is 8.35. The second kappa shape index (κ2) is 7.71. The van der Waals surface area contributed by atoms with Crippen molar-refractivity contribution in [3.63, 3.8) is 0 Å². The Balaban J connectivity index is 1.50. The van der Waals surface area contributed by atoms with Gasteiger partial charge < -0.3 is 5.32 Å². The van der Waals surface area contributed by atoms with Crippen molar-refractivity contribution in [1.29, 1.82) is 0 Å². The summed E-state index contributed by atoms with van der Waals surface area (Å²) in [6.07, 6.45) is 0.432. The van der Waals surface area contributed by atoms with Crippen LogP contribution in [0.4, 0.5) is 14.5 Å². The molecule has 4 aromatic rings. The first-order chi connectivity index (χ1) is 13.9. The van der Waals surface area contributed by atoms with Crippen LogP contribution in [-0.2, 0) is 11.3 Å². The molecule has 0 aliphatic heterocycles. The number of nitrogens with one attached hydrogen (secondary N) is 1. The number of hydrogen-bond donors (Lipinski definition) is 1. The molecule has 29 heavy (non-hydrogen) atoms. The summed E-state index contributed by atoms with van der Waals surface area (Å²) in [7, 11) is 0. The first-order valence-corrected chi connectivity index (χ1v) is 9.89. The maximum Gasteiger partial charge on any atom is 0.276 e. The van der Waals surface area contributed by atoms with Crippen molar-refractivity contribution < 1.29 is 13.6 Å². The number of halogens is 2. The van der Waals surface area contributed by atoms with Crippen LogP contribution in [0.1, 0.15) is 18.5 Å². The van der Waals surface area contributed by atoms with Gasteiger partial charge in [-0.3, -0.25) is 9.59 Å². The summed E-state index contributed by atoms with van der Waals surface area (Å²) >= 11 is 1.54. The molecule has 2 heterocycles. The van der Waals surface area contributed by atoms with Gasteiger partial charge in [0.05, 0.1) is 21.5 Å². The highest BCUT2D eigenvalue weighted by Crippen LogP contribution is 2.32. The van der Waals surface area contributed by atoms with Crippen LogP contribution in [0, 0.1) is 18.6 Å². The maximum absolute atomic E-state index is 13.6. The number of rotatable bonds is 5. The SMILES string of the molecule is Cc1nn(CCCC(=O)Nc2ccc(F)cc2F)c(=O)c2c1sc1ccccc12. The first kappa shape index (κ1) is 19.2. The lowest BCUT2D eigenvalue weighted by atomic mass is 10.2. The Morgan fingerprint density at radius 2 is 2.00 bits per heavy atom. The molecular weight excluding hydrogens is 396 g/mol. The van der Waals surface area contributed by atoms with Crippen LogP contribution in [0.2, 0.25) is 0 Å². The fourth-order valence-electron chi connectivity index (χ4n) is 3.26. The van der Waals surface area contributed by atoms with Gasteiger partial charge in [0.2, 0.25) is 5.91 Å². The summed E-state index contributed by atoms with van der Waals surface area (Å²) in [6, 6.07) is 10.7. The molecule has 2 aromatic heterocycles. The number of thiophene rings is 1. The lowest BCUT2D eigenvalue weighted by Gasteiger charge is -2.08. The van der Waals surface area contributed by atoms with E-state index in [1.807, 2.05) is 31.2 Å². The van der Waals surface area contributed by atoms with Gasteiger partial charge in [0.25, 0.3) is 5.56 Å². The molecule has 8 heteroatoms. The van der Waals surface area contributed by atoms with Crippen LogP contribution >= 0.6 is 11.3 Å². The average molecular weight is 413 g/mol. The van der Waals surface area contributed by atoms with Crippen molar-refractivity contribution in [1.82, 2.24) is 9.78 Å². The van der Waals surface area contributed by atoms with Crippen LogP contribution in [0.25, 0.3) is 20.2 Å². The van der Waals surface area contributed by atoms with Crippen molar-refractivity contribution in [2.45, 2.75) is 26.3 Å². The molecule has 148 valence electrons. The lowest BCUT2D eigenvalue weighted by molar-refractivity contribution is -0.116. The van der Waals surface area contributed by atoms with Crippen molar-refractivity contribution in [2.24, 2.45) is 0 Å². The molecule has 0 atom stereocenters. The zero-order chi connectivity index (χ0) is 20.5. The number of benzene rings is 2. The van der Waals surface area contributed by atoms with Gasteiger partial charge in [-0.25, -0.2) is 13.5 Å². The van der Waals surface area contributed by atoms with Crippen LogP contribution in [0.15, 0.2) is 47.3 Å². The third-order valence-electron chi connectivity index (χ3n) is 4.62. The summed E-state index contributed by atoms with van der Waals surface area (Å²) in [5.74, 6) is -1.96. The van der Waals surface area contributed by atoms with Gasteiger partial charge in [-0.1, -0.05) is 18.2 Å². The maximum atomic E-state index is 13.6. The van der Waals surface area contributed by atoms with E-state index in [2.05, 4.69) is 10.4 Å².